The van der Waals surface area contributed by atoms with E-state index in [4.69, 9.17) is 0 Å². The van der Waals surface area contributed by atoms with Crippen molar-refractivity contribution in [1.29, 1.82) is 0 Å². The second kappa shape index (κ2) is 3.84. The largest absolute Gasteiger partial charge is 0.314 e. The molecule has 2 aliphatic carbocycles. The van der Waals surface area contributed by atoms with E-state index in [0.29, 0.717) is 5.41 Å². The van der Waals surface area contributed by atoms with Crippen LogP contribution in [0, 0.1) is 17.3 Å². The first-order valence-electron chi connectivity index (χ1n) is 6.31. The highest BCUT2D eigenvalue weighted by Gasteiger charge is 2.35. The van der Waals surface area contributed by atoms with Crippen LogP contribution in [0.5, 0.6) is 0 Å². The summed E-state index contributed by atoms with van der Waals surface area (Å²) in [5.74, 6) is 1.91. The van der Waals surface area contributed by atoms with Crippen LogP contribution >= 0.6 is 0 Å². The molecule has 0 amide bonds. The van der Waals surface area contributed by atoms with Crippen LogP contribution in [0.1, 0.15) is 52.9 Å². The first-order chi connectivity index (χ1) is 6.58. The van der Waals surface area contributed by atoms with Gasteiger partial charge in [-0.15, -0.1) is 0 Å². The first kappa shape index (κ1) is 10.5. The predicted molar refractivity (Wildman–Crippen MR) is 61.3 cm³/mol. The van der Waals surface area contributed by atoms with E-state index in [2.05, 4.69) is 26.1 Å². The molecule has 0 bridgehead atoms. The molecule has 2 fully saturated rings. The van der Waals surface area contributed by atoms with E-state index in [1.165, 1.54) is 38.6 Å². The lowest BCUT2D eigenvalue weighted by atomic mass is 9.79. The summed E-state index contributed by atoms with van der Waals surface area (Å²) in [5.41, 5.74) is 0.600. The summed E-state index contributed by atoms with van der Waals surface area (Å²) < 4.78 is 0. The fraction of sp³-hybridized carbons (Fsp3) is 1.00. The van der Waals surface area contributed by atoms with E-state index in [9.17, 15) is 0 Å². The highest BCUT2D eigenvalue weighted by atomic mass is 14.9. The van der Waals surface area contributed by atoms with E-state index >= 15 is 0 Å². The Balaban J connectivity index is 1.70. The zero-order valence-electron chi connectivity index (χ0n) is 9.97. The molecule has 2 aliphatic rings. The van der Waals surface area contributed by atoms with E-state index in [-0.39, 0.29) is 0 Å². The summed E-state index contributed by atoms with van der Waals surface area (Å²) in [5, 5.41) is 3.75. The first-order valence-corrected chi connectivity index (χ1v) is 6.31. The number of rotatable bonds is 3. The Morgan fingerprint density at radius 2 is 2.00 bits per heavy atom. The summed E-state index contributed by atoms with van der Waals surface area (Å²) in [4.78, 5) is 0. The molecule has 0 saturated heterocycles. The second-order valence-electron chi connectivity index (χ2n) is 6.26. The molecule has 0 radical (unpaired) electrons. The third-order valence-electron chi connectivity index (χ3n) is 4.51. The van der Waals surface area contributed by atoms with Crippen molar-refractivity contribution in [2.45, 2.75) is 58.9 Å². The lowest BCUT2D eigenvalue weighted by Gasteiger charge is -2.36. The van der Waals surface area contributed by atoms with Crippen LogP contribution < -0.4 is 5.32 Å². The van der Waals surface area contributed by atoms with E-state index in [1.807, 2.05) is 0 Å². The summed E-state index contributed by atoms with van der Waals surface area (Å²) in [6.07, 6.45) is 7.14. The summed E-state index contributed by atoms with van der Waals surface area (Å²) in [7, 11) is 0. The minimum absolute atomic E-state index is 0.600. The van der Waals surface area contributed by atoms with E-state index in [0.717, 1.165) is 17.9 Å². The Morgan fingerprint density at radius 3 is 2.50 bits per heavy atom. The molecule has 1 N–H and O–H groups in total. The molecule has 0 aromatic rings. The van der Waals surface area contributed by atoms with Gasteiger partial charge in [-0.2, -0.15) is 0 Å². The van der Waals surface area contributed by atoms with Crippen molar-refractivity contribution in [1.82, 2.24) is 5.32 Å². The van der Waals surface area contributed by atoms with Crippen LogP contribution in [-0.4, -0.2) is 12.6 Å². The van der Waals surface area contributed by atoms with Crippen molar-refractivity contribution < 1.29 is 0 Å². The minimum atomic E-state index is 0.600. The molecule has 1 nitrogen and oxygen atoms in total. The summed E-state index contributed by atoms with van der Waals surface area (Å²) in [6, 6.07) is 0.849. The molecule has 0 spiro atoms. The van der Waals surface area contributed by atoms with Crippen LogP contribution in [-0.2, 0) is 0 Å². The second-order valence-corrected chi connectivity index (χ2v) is 6.26. The molecular formula is C13H25N. The Hall–Kier alpha value is -0.0400. The van der Waals surface area contributed by atoms with Crippen LogP contribution in [0.25, 0.3) is 0 Å². The monoisotopic (exact) mass is 195 g/mol. The molecule has 1 unspecified atom stereocenters. The number of hydrogen-bond donors (Lipinski definition) is 1. The maximum absolute atomic E-state index is 3.75. The van der Waals surface area contributed by atoms with Gasteiger partial charge in [-0.05, 0) is 49.5 Å². The van der Waals surface area contributed by atoms with Crippen molar-refractivity contribution in [3.05, 3.63) is 0 Å². The van der Waals surface area contributed by atoms with Gasteiger partial charge in [0.25, 0.3) is 0 Å². The third-order valence-corrected chi connectivity index (χ3v) is 4.51. The molecule has 0 heterocycles. The third kappa shape index (κ3) is 2.13. The smallest absolute Gasteiger partial charge is 0.00722 e. The van der Waals surface area contributed by atoms with Crippen molar-refractivity contribution in [2.24, 2.45) is 17.3 Å². The molecule has 1 heteroatoms. The zero-order chi connectivity index (χ0) is 10.2. The van der Waals surface area contributed by atoms with Gasteiger partial charge in [0.2, 0.25) is 0 Å². The zero-order valence-corrected chi connectivity index (χ0v) is 9.97. The van der Waals surface area contributed by atoms with Crippen LogP contribution in [0.3, 0.4) is 0 Å². The van der Waals surface area contributed by atoms with Gasteiger partial charge in [-0.1, -0.05) is 27.2 Å². The summed E-state index contributed by atoms with van der Waals surface area (Å²) >= 11 is 0. The lowest BCUT2D eigenvalue weighted by molar-refractivity contribution is 0.196. The van der Waals surface area contributed by atoms with Gasteiger partial charge in [0.05, 0.1) is 0 Å². The Morgan fingerprint density at radius 1 is 1.29 bits per heavy atom. The Labute approximate surface area is 88.7 Å². The van der Waals surface area contributed by atoms with Crippen molar-refractivity contribution in [3.8, 4) is 0 Å². The fourth-order valence-electron chi connectivity index (χ4n) is 3.16. The van der Waals surface area contributed by atoms with Crippen molar-refractivity contribution in [3.63, 3.8) is 0 Å². The molecule has 14 heavy (non-hydrogen) atoms. The number of nitrogens with one attached hydrogen (secondary N) is 1. The van der Waals surface area contributed by atoms with Gasteiger partial charge in [0.15, 0.2) is 0 Å². The quantitative estimate of drug-likeness (QED) is 0.729. The molecule has 82 valence electrons. The molecule has 0 aliphatic heterocycles. The van der Waals surface area contributed by atoms with Gasteiger partial charge in [0.1, 0.15) is 0 Å². The predicted octanol–water partition coefficient (Wildman–Crippen LogP) is 3.20. The van der Waals surface area contributed by atoms with Gasteiger partial charge in [-0.3, -0.25) is 0 Å². The molecule has 0 aromatic heterocycles. The molecule has 2 rings (SSSR count). The van der Waals surface area contributed by atoms with Crippen LogP contribution in [0.15, 0.2) is 0 Å². The fourth-order valence-corrected chi connectivity index (χ4v) is 3.16. The topological polar surface area (TPSA) is 12.0 Å². The maximum atomic E-state index is 3.75. The Kier molecular flexibility index (Phi) is 2.88. The normalized spacial score (nSPS) is 40.9. The molecular weight excluding hydrogens is 170 g/mol. The molecule has 1 atom stereocenters. The average molecular weight is 195 g/mol. The highest BCUT2D eigenvalue weighted by Crippen LogP contribution is 2.42. The Bertz CT molecular complexity index is 191. The van der Waals surface area contributed by atoms with Crippen molar-refractivity contribution in [2.75, 3.05) is 6.54 Å². The maximum Gasteiger partial charge on any atom is 0.00722 e. The standard InChI is InChI=1S/C13H25N/c1-10-7-12(8-10)14-9-11-5-4-6-13(11,2)3/h10-12,14H,4-9H2,1-3H3. The molecule has 2 saturated carbocycles. The highest BCUT2D eigenvalue weighted by molar-refractivity contribution is 4.89. The summed E-state index contributed by atoms with van der Waals surface area (Å²) in [6.45, 7) is 8.51. The van der Waals surface area contributed by atoms with E-state index < -0.39 is 0 Å². The van der Waals surface area contributed by atoms with Crippen LogP contribution in [0.2, 0.25) is 0 Å². The average Bonchev–Trinajstić information content (AvgIpc) is 2.37. The van der Waals surface area contributed by atoms with E-state index in [1.54, 1.807) is 0 Å². The van der Waals surface area contributed by atoms with Gasteiger partial charge in [-0.25, -0.2) is 0 Å². The number of hydrogen-bond acceptors (Lipinski definition) is 1. The lowest BCUT2D eigenvalue weighted by Crippen LogP contribution is -2.43. The van der Waals surface area contributed by atoms with Gasteiger partial charge >= 0.3 is 0 Å². The minimum Gasteiger partial charge on any atom is -0.314 e. The SMILES string of the molecule is CC1CC(NCC2CCCC2(C)C)C1. The van der Waals surface area contributed by atoms with Gasteiger partial charge in [0, 0.05) is 6.04 Å². The van der Waals surface area contributed by atoms with Crippen molar-refractivity contribution >= 4 is 0 Å². The molecule has 0 aromatic carbocycles. The van der Waals surface area contributed by atoms with Gasteiger partial charge < -0.3 is 5.32 Å². The van der Waals surface area contributed by atoms with Crippen LogP contribution in [0.4, 0.5) is 0 Å².